The molecule has 20 heavy (non-hydrogen) atoms. The first kappa shape index (κ1) is 10.8. The van der Waals surface area contributed by atoms with Crippen molar-refractivity contribution < 1.29 is 4.79 Å². The maximum Gasteiger partial charge on any atom is 0.150 e. The van der Waals surface area contributed by atoms with Gasteiger partial charge in [0.15, 0.2) is 6.29 Å². The molecule has 2 aromatic carbocycles. The van der Waals surface area contributed by atoms with Crippen LogP contribution < -0.4 is 0 Å². The molecule has 0 saturated heterocycles. The van der Waals surface area contributed by atoms with Gasteiger partial charge >= 0.3 is 0 Å². The lowest BCUT2D eigenvalue weighted by Crippen LogP contribution is -2.12. The van der Waals surface area contributed by atoms with E-state index in [2.05, 4.69) is 30.4 Å². The van der Waals surface area contributed by atoms with E-state index in [0.29, 0.717) is 5.92 Å². The number of allylic oxidation sites excluding steroid dienone is 2. The summed E-state index contributed by atoms with van der Waals surface area (Å²) in [4.78, 5) is 11.3. The highest BCUT2D eigenvalue weighted by molar-refractivity contribution is 6.00. The molecule has 3 aliphatic carbocycles. The quantitative estimate of drug-likeness (QED) is 0.557. The van der Waals surface area contributed by atoms with Gasteiger partial charge in [0.1, 0.15) is 0 Å². The third-order valence-electron chi connectivity index (χ3n) is 5.77. The minimum absolute atomic E-state index is 0.700. The highest BCUT2D eigenvalue weighted by Crippen LogP contribution is 2.59. The number of hydrogen-bond donors (Lipinski definition) is 0. The summed E-state index contributed by atoms with van der Waals surface area (Å²) in [5.41, 5.74) is 3.90. The first-order chi connectivity index (χ1) is 9.86. The fourth-order valence-corrected chi connectivity index (χ4v) is 5.01. The molecular formula is C19H16O. The summed E-state index contributed by atoms with van der Waals surface area (Å²) in [6.45, 7) is 0. The van der Waals surface area contributed by atoms with Crippen LogP contribution in [-0.4, -0.2) is 6.29 Å². The van der Waals surface area contributed by atoms with Crippen molar-refractivity contribution in [3.63, 3.8) is 0 Å². The zero-order valence-corrected chi connectivity index (χ0v) is 11.3. The monoisotopic (exact) mass is 260 g/mol. The number of rotatable bonds is 1. The largest absolute Gasteiger partial charge is 0.298 e. The molecule has 3 aliphatic rings. The fraction of sp³-hybridized carbons (Fsp3) is 0.316. The van der Waals surface area contributed by atoms with Gasteiger partial charge in [-0.2, -0.15) is 0 Å². The zero-order valence-electron chi connectivity index (χ0n) is 11.3. The molecule has 0 radical (unpaired) electrons. The van der Waals surface area contributed by atoms with E-state index >= 15 is 0 Å². The van der Waals surface area contributed by atoms with E-state index in [4.69, 9.17) is 0 Å². The van der Waals surface area contributed by atoms with E-state index < -0.39 is 0 Å². The number of fused-ring (bicyclic) bond motifs is 9. The van der Waals surface area contributed by atoms with Crippen LogP contribution in [0.5, 0.6) is 0 Å². The molecule has 1 nitrogen and oxygen atoms in total. The minimum atomic E-state index is 0.700. The van der Waals surface area contributed by atoms with Crippen LogP contribution >= 0.6 is 0 Å². The predicted octanol–water partition coefficient (Wildman–Crippen LogP) is 4.11. The number of benzene rings is 2. The van der Waals surface area contributed by atoms with Crippen molar-refractivity contribution in [2.45, 2.75) is 18.8 Å². The Morgan fingerprint density at radius 1 is 1.00 bits per heavy atom. The summed E-state index contributed by atoms with van der Waals surface area (Å²) in [6, 6.07) is 10.6. The van der Waals surface area contributed by atoms with E-state index in [1.807, 2.05) is 12.1 Å². The van der Waals surface area contributed by atoms with E-state index in [1.54, 1.807) is 5.56 Å². The third kappa shape index (κ3) is 1.17. The summed E-state index contributed by atoms with van der Waals surface area (Å²) in [7, 11) is 0. The predicted molar refractivity (Wildman–Crippen MR) is 80.0 cm³/mol. The fourth-order valence-electron chi connectivity index (χ4n) is 5.01. The molecule has 2 bridgehead atoms. The lowest BCUT2D eigenvalue weighted by Gasteiger charge is -2.22. The van der Waals surface area contributed by atoms with Crippen LogP contribution in [0.2, 0.25) is 0 Å². The molecule has 0 amide bonds. The van der Waals surface area contributed by atoms with E-state index in [-0.39, 0.29) is 0 Å². The van der Waals surface area contributed by atoms with E-state index in [0.717, 1.165) is 35.0 Å². The molecule has 4 atom stereocenters. The lowest BCUT2D eigenvalue weighted by molar-refractivity contribution is 0.112. The molecule has 1 fully saturated rings. The molecule has 4 unspecified atom stereocenters. The van der Waals surface area contributed by atoms with Gasteiger partial charge in [0.25, 0.3) is 0 Å². The van der Waals surface area contributed by atoms with Crippen molar-refractivity contribution in [2.75, 3.05) is 0 Å². The number of carbonyl (C=O) groups excluding carboxylic acids is 1. The second kappa shape index (κ2) is 3.60. The average Bonchev–Trinajstić information content (AvgIpc) is 3.17. The maximum atomic E-state index is 11.3. The second-order valence-electron chi connectivity index (χ2n) is 6.54. The number of hydrogen-bond acceptors (Lipinski definition) is 1. The molecule has 98 valence electrons. The highest BCUT2D eigenvalue weighted by Gasteiger charge is 2.49. The van der Waals surface area contributed by atoms with Gasteiger partial charge in [0, 0.05) is 5.56 Å². The van der Waals surface area contributed by atoms with Crippen LogP contribution in [0, 0.1) is 17.8 Å². The van der Waals surface area contributed by atoms with Gasteiger partial charge in [-0.1, -0.05) is 42.5 Å². The smallest absolute Gasteiger partial charge is 0.150 e. The molecule has 0 aliphatic heterocycles. The van der Waals surface area contributed by atoms with Gasteiger partial charge in [0.2, 0.25) is 0 Å². The Labute approximate surface area is 118 Å². The average molecular weight is 260 g/mol. The normalized spacial score (nSPS) is 32.6. The third-order valence-corrected chi connectivity index (χ3v) is 5.77. The van der Waals surface area contributed by atoms with Gasteiger partial charge in [-0.25, -0.2) is 0 Å². The molecule has 5 rings (SSSR count). The highest BCUT2D eigenvalue weighted by atomic mass is 16.1. The van der Waals surface area contributed by atoms with Crippen LogP contribution in [0.3, 0.4) is 0 Å². The lowest BCUT2D eigenvalue weighted by atomic mass is 9.82. The van der Waals surface area contributed by atoms with Crippen molar-refractivity contribution in [1.29, 1.82) is 0 Å². The first-order valence-electron chi connectivity index (χ1n) is 7.55. The molecule has 0 N–H and O–H groups in total. The van der Waals surface area contributed by atoms with Crippen LogP contribution in [0.15, 0.2) is 42.5 Å². The maximum absolute atomic E-state index is 11.3. The zero-order chi connectivity index (χ0) is 13.3. The standard InChI is InChI=1S/C19H16O/c20-10-14-2-1-3-16-15(14)7-6-13-9-17-11-4-5-12(8-11)19(17)18(13)16/h1-7,10-12,17,19H,8-9H2. The second-order valence-corrected chi connectivity index (χ2v) is 6.54. The van der Waals surface area contributed by atoms with Gasteiger partial charge in [-0.3, -0.25) is 4.79 Å². The molecule has 1 saturated carbocycles. The van der Waals surface area contributed by atoms with Crippen LogP contribution in [-0.2, 0) is 6.42 Å². The Morgan fingerprint density at radius 2 is 1.90 bits per heavy atom. The first-order valence-corrected chi connectivity index (χ1v) is 7.55. The van der Waals surface area contributed by atoms with Crippen molar-refractivity contribution in [1.82, 2.24) is 0 Å². The van der Waals surface area contributed by atoms with E-state index in [9.17, 15) is 4.79 Å². The van der Waals surface area contributed by atoms with Crippen molar-refractivity contribution >= 4 is 17.1 Å². The Kier molecular flexibility index (Phi) is 1.95. The Morgan fingerprint density at radius 3 is 2.80 bits per heavy atom. The summed E-state index contributed by atoms with van der Waals surface area (Å²) in [5.74, 6) is 3.04. The SMILES string of the molecule is O=Cc1cccc2c3c(ccc12)CC1C2C=CC(C2)C31. The van der Waals surface area contributed by atoms with Gasteiger partial charge in [-0.05, 0) is 58.4 Å². The Balaban J connectivity index is 1.82. The minimum Gasteiger partial charge on any atom is -0.298 e. The van der Waals surface area contributed by atoms with Crippen LogP contribution in [0.25, 0.3) is 10.8 Å². The summed E-state index contributed by atoms with van der Waals surface area (Å²) < 4.78 is 0. The summed E-state index contributed by atoms with van der Waals surface area (Å²) >= 11 is 0. The van der Waals surface area contributed by atoms with Crippen molar-refractivity contribution in [3.05, 3.63) is 59.2 Å². The van der Waals surface area contributed by atoms with Gasteiger partial charge in [-0.15, -0.1) is 0 Å². The van der Waals surface area contributed by atoms with Crippen molar-refractivity contribution in [3.8, 4) is 0 Å². The van der Waals surface area contributed by atoms with Crippen LogP contribution in [0.4, 0.5) is 0 Å². The van der Waals surface area contributed by atoms with Gasteiger partial charge < -0.3 is 0 Å². The molecule has 0 heterocycles. The number of aldehydes is 1. The molecule has 0 aromatic heterocycles. The molecule has 0 spiro atoms. The summed E-state index contributed by atoms with van der Waals surface area (Å²) in [6.07, 6.45) is 8.44. The molecule has 2 aromatic rings. The van der Waals surface area contributed by atoms with Crippen molar-refractivity contribution in [2.24, 2.45) is 17.8 Å². The van der Waals surface area contributed by atoms with Crippen LogP contribution in [0.1, 0.15) is 33.8 Å². The molecular weight excluding hydrogens is 244 g/mol. The van der Waals surface area contributed by atoms with Gasteiger partial charge in [0.05, 0.1) is 0 Å². The van der Waals surface area contributed by atoms with E-state index in [1.165, 1.54) is 23.8 Å². The Hall–Kier alpha value is -1.89. The number of carbonyl (C=O) groups is 1. The Bertz CT molecular complexity index is 771. The summed E-state index contributed by atoms with van der Waals surface area (Å²) in [5, 5.41) is 2.45. The molecule has 1 heteroatoms. The topological polar surface area (TPSA) is 17.1 Å².